The average Bonchev–Trinajstić information content (AvgIpc) is 3.04. The molecule has 156 valence electrons. The van der Waals surface area contributed by atoms with Crippen molar-refractivity contribution in [1.82, 2.24) is 15.1 Å². The molecule has 1 atom stereocenters. The highest BCUT2D eigenvalue weighted by molar-refractivity contribution is 6.05. The molecule has 29 heavy (non-hydrogen) atoms. The van der Waals surface area contributed by atoms with Crippen LogP contribution >= 0.6 is 0 Å². The van der Waals surface area contributed by atoms with Crippen LogP contribution in [0.5, 0.6) is 0 Å². The van der Waals surface area contributed by atoms with E-state index >= 15 is 4.39 Å². The lowest BCUT2D eigenvalue weighted by molar-refractivity contribution is -0.136. The Labute approximate surface area is 181 Å². The lowest BCUT2D eigenvalue weighted by Gasteiger charge is -2.43. The number of hydrogen-bond donors (Lipinski definition) is 1. The first-order valence-electron chi connectivity index (χ1n) is 13.3. The Morgan fingerprint density at radius 2 is 1.83 bits per heavy atom. The van der Waals surface area contributed by atoms with Crippen LogP contribution in [0.4, 0.5) is 10.1 Å². The molecule has 1 N–H and O–H groups in total. The molecule has 3 aliphatic heterocycles. The summed E-state index contributed by atoms with van der Waals surface area (Å²) in [4.78, 5) is 38.4. The van der Waals surface area contributed by atoms with Crippen LogP contribution in [0, 0.1) is 5.82 Å². The van der Waals surface area contributed by atoms with E-state index in [2.05, 4.69) is 5.32 Å². The summed E-state index contributed by atoms with van der Waals surface area (Å²) in [5.41, 5.74) is -2.55. The van der Waals surface area contributed by atoms with Gasteiger partial charge in [0.15, 0.2) is 5.82 Å². The quantitative estimate of drug-likeness (QED) is 0.749. The summed E-state index contributed by atoms with van der Waals surface area (Å²) in [6.07, 6.45) is 0.00600. The minimum absolute atomic E-state index is 0.0209. The summed E-state index contributed by atoms with van der Waals surface area (Å²) in [7, 11) is 0. The van der Waals surface area contributed by atoms with Crippen LogP contribution in [-0.4, -0.2) is 65.1 Å². The number of nitrogens with one attached hydrogen (secondary N) is 1. The van der Waals surface area contributed by atoms with Crippen molar-refractivity contribution in [3.63, 3.8) is 0 Å². The van der Waals surface area contributed by atoms with Gasteiger partial charge in [-0.05, 0) is 39.3 Å². The van der Waals surface area contributed by atoms with Gasteiger partial charge >= 0.3 is 0 Å². The average molecular weight is 411 g/mol. The number of carbonyl (C=O) groups is 3. The monoisotopic (exact) mass is 410 g/mol. The molecule has 1 aromatic rings. The topological polar surface area (TPSA) is 73.0 Å². The smallest absolute Gasteiger partial charge is 0.255 e. The van der Waals surface area contributed by atoms with Crippen LogP contribution in [0.1, 0.15) is 60.5 Å². The predicted molar refractivity (Wildman–Crippen MR) is 106 cm³/mol. The van der Waals surface area contributed by atoms with E-state index < -0.39 is 73.3 Å². The second kappa shape index (κ2) is 7.09. The number of anilines is 1. The highest BCUT2D eigenvalue weighted by atomic mass is 19.1. The van der Waals surface area contributed by atoms with E-state index in [1.54, 1.807) is 0 Å². The molecule has 1 aromatic carbocycles. The largest absolute Gasteiger partial charge is 0.367 e. The zero-order valence-corrected chi connectivity index (χ0v) is 16.3. The van der Waals surface area contributed by atoms with E-state index in [-0.39, 0.29) is 28.9 Å². The van der Waals surface area contributed by atoms with Crippen LogP contribution in [0.3, 0.4) is 0 Å². The van der Waals surface area contributed by atoms with Gasteiger partial charge in [0.05, 0.1) is 17.7 Å². The van der Waals surface area contributed by atoms with Crippen molar-refractivity contribution in [1.29, 1.82) is 0 Å². The van der Waals surface area contributed by atoms with E-state index in [1.165, 1.54) is 20.8 Å². The Morgan fingerprint density at radius 3 is 2.45 bits per heavy atom. The van der Waals surface area contributed by atoms with Crippen molar-refractivity contribution in [3.05, 3.63) is 29.1 Å². The molecule has 7 nitrogen and oxygen atoms in total. The van der Waals surface area contributed by atoms with Crippen LogP contribution in [0.25, 0.3) is 0 Å². The molecule has 3 amide bonds. The molecule has 0 saturated carbocycles. The van der Waals surface area contributed by atoms with Gasteiger partial charge in [-0.2, -0.15) is 0 Å². The van der Waals surface area contributed by atoms with E-state index in [0.29, 0.717) is 4.90 Å². The van der Waals surface area contributed by atoms with Gasteiger partial charge in [0.1, 0.15) is 6.04 Å². The van der Waals surface area contributed by atoms with Gasteiger partial charge in [0.25, 0.3) is 5.91 Å². The number of benzene rings is 1. The van der Waals surface area contributed by atoms with Crippen molar-refractivity contribution < 1.29 is 29.7 Å². The molecule has 8 heteroatoms. The fraction of sp³-hybridized carbons (Fsp3) is 0.571. The number of rotatable bonds is 2. The van der Waals surface area contributed by atoms with Gasteiger partial charge in [-0.25, -0.2) is 4.39 Å². The van der Waals surface area contributed by atoms with E-state index in [4.69, 9.17) is 11.0 Å². The third-order valence-electron chi connectivity index (χ3n) is 5.09. The zero-order valence-electron chi connectivity index (χ0n) is 24.3. The zero-order chi connectivity index (χ0) is 28.1. The van der Waals surface area contributed by atoms with Crippen LogP contribution in [-0.2, 0) is 16.1 Å². The van der Waals surface area contributed by atoms with Crippen LogP contribution in [0.2, 0.25) is 0 Å². The minimum Gasteiger partial charge on any atom is -0.367 e. The highest BCUT2D eigenvalue weighted by Crippen LogP contribution is 2.34. The Bertz CT molecular complexity index is 1170. The second-order valence-electron chi connectivity index (χ2n) is 8.11. The third kappa shape index (κ3) is 3.50. The van der Waals surface area contributed by atoms with Crippen LogP contribution in [0.15, 0.2) is 12.1 Å². The number of nitrogens with zero attached hydrogens (tertiary/aromatic N) is 3. The molecular formula is C21H27FN4O3. The van der Waals surface area contributed by atoms with Crippen molar-refractivity contribution >= 4 is 23.4 Å². The Kier molecular flexibility index (Phi) is 3.00. The number of fused-ring (bicyclic) bond motifs is 1. The lowest BCUT2D eigenvalue weighted by Crippen LogP contribution is -2.53. The molecule has 0 radical (unpaired) electrons. The summed E-state index contributed by atoms with van der Waals surface area (Å²) in [6.45, 7) is -9.03. The number of halogens is 1. The van der Waals surface area contributed by atoms with Crippen molar-refractivity contribution in [2.24, 2.45) is 0 Å². The van der Waals surface area contributed by atoms with Gasteiger partial charge in [0.2, 0.25) is 11.8 Å². The first-order valence-corrected chi connectivity index (χ1v) is 9.26. The number of imide groups is 1. The molecule has 3 aliphatic rings. The summed E-state index contributed by atoms with van der Waals surface area (Å²) >= 11 is 0. The van der Waals surface area contributed by atoms with E-state index in [0.717, 1.165) is 17.0 Å². The molecular weight excluding hydrogens is 375 g/mol. The third-order valence-corrected chi connectivity index (χ3v) is 5.09. The molecule has 2 saturated heterocycles. The van der Waals surface area contributed by atoms with Gasteiger partial charge in [-0.15, -0.1) is 0 Å². The fourth-order valence-electron chi connectivity index (χ4n) is 3.48. The van der Waals surface area contributed by atoms with Gasteiger partial charge in [-0.3, -0.25) is 24.6 Å². The number of piperazine rings is 1. The van der Waals surface area contributed by atoms with Crippen molar-refractivity contribution in [3.8, 4) is 0 Å². The van der Waals surface area contributed by atoms with Gasteiger partial charge in [0, 0.05) is 54.6 Å². The van der Waals surface area contributed by atoms with Crippen LogP contribution < -0.4 is 10.2 Å². The number of amides is 3. The lowest BCUT2D eigenvalue weighted by atomic mass is 10.0. The Hall–Kier alpha value is -2.48. The maximum absolute atomic E-state index is 16.0. The predicted octanol–water partition coefficient (Wildman–Crippen LogP) is 1.51. The number of carbonyl (C=O) groups excluding carboxylic acids is 3. The maximum Gasteiger partial charge on any atom is 0.255 e. The van der Waals surface area contributed by atoms with Crippen molar-refractivity contribution in [2.45, 2.75) is 51.7 Å². The number of hydrogen-bond acceptors (Lipinski definition) is 5. The molecule has 3 heterocycles. The second-order valence-corrected chi connectivity index (χ2v) is 8.11. The Balaban J connectivity index is 1.82. The summed E-state index contributed by atoms with van der Waals surface area (Å²) in [5.74, 6) is -3.15. The summed E-state index contributed by atoms with van der Waals surface area (Å²) < 4.78 is 84.4. The van der Waals surface area contributed by atoms with Crippen molar-refractivity contribution in [2.75, 3.05) is 30.9 Å². The summed E-state index contributed by atoms with van der Waals surface area (Å²) in [6, 6.07) is 0.987. The van der Waals surface area contributed by atoms with Gasteiger partial charge in [-0.1, -0.05) is 0 Å². The molecule has 0 aliphatic carbocycles. The maximum atomic E-state index is 16.0. The Morgan fingerprint density at radius 1 is 1.14 bits per heavy atom. The SMILES string of the molecule is [2H]C1([2H])N(c2ccc3c(c2F)CN([C@@H]2CCC(=O)NC2=O)C3=O)C([2H])([2H])C([2H])([2H])N(C(C)(C)C)C1([2H])[2H]. The molecule has 0 aromatic heterocycles. The molecule has 0 spiro atoms. The molecule has 0 unspecified atom stereocenters. The van der Waals surface area contributed by atoms with E-state index in [9.17, 15) is 14.4 Å². The first kappa shape index (κ1) is 12.3. The normalized spacial score (nSPS) is 34.5. The standard InChI is InChI=1S/C21H27FN4O3/c1-21(2,3)25-10-8-24(9-11-25)15-5-4-13-14(18(15)22)12-26(20(13)29)16-6-7-17(27)23-19(16)28/h4-5,16H,6-12H2,1-3H3,(H,23,27,28)/t16-/m1/s1/i8D2,9D2,10D2,11D2. The summed E-state index contributed by atoms with van der Waals surface area (Å²) in [5, 5.41) is 2.13. The molecule has 2 fully saturated rings. The van der Waals surface area contributed by atoms with Gasteiger partial charge < -0.3 is 9.80 Å². The van der Waals surface area contributed by atoms with E-state index in [1.807, 2.05) is 0 Å². The fourth-order valence-corrected chi connectivity index (χ4v) is 3.48. The highest BCUT2D eigenvalue weighted by Gasteiger charge is 2.41. The first-order chi connectivity index (χ1) is 16.7. The minimum atomic E-state index is -3.28. The molecule has 0 bridgehead atoms. The molecule has 4 rings (SSSR count). The number of piperidine rings is 1.